The Bertz CT molecular complexity index is 769. The summed E-state index contributed by atoms with van der Waals surface area (Å²) in [7, 11) is 0. The van der Waals surface area contributed by atoms with Crippen molar-refractivity contribution in [1.29, 1.82) is 0 Å². The first-order valence-corrected chi connectivity index (χ1v) is 7.28. The molecule has 0 aliphatic heterocycles. The fourth-order valence-electron chi connectivity index (χ4n) is 2.36. The van der Waals surface area contributed by atoms with Gasteiger partial charge in [0.15, 0.2) is 0 Å². The van der Waals surface area contributed by atoms with Crippen LogP contribution in [0, 0.1) is 0 Å². The number of halogens is 1. The highest BCUT2D eigenvalue weighted by atomic mass is 35.5. The van der Waals surface area contributed by atoms with Crippen LogP contribution in [0.5, 0.6) is 0 Å². The number of ketones is 2. The lowest BCUT2D eigenvalue weighted by Crippen LogP contribution is -2.30. The van der Waals surface area contributed by atoms with Gasteiger partial charge in [0.2, 0.25) is 11.6 Å². The van der Waals surface area contributed by atoms with E-state index in [4.69, 9.17) is 11.6 Å². The third-order valence-electron chi connectivity index (χ3n) is 3.47. The summed E-state index contributed by atoms with van der Waals surface area (Å²) in [5.41, 5.74) is 1.81. The van der Waals surface area contributed by atoms with Gasteiger partial charge < -0.3 is 5.32 Å². The van der Waals surface area contributed by atoms with Gasteiger partial charge in [-0.1, -0.05) is 41.9 Å². The first-order valence-electron chi connectivity index (χ1n) is 6.90. The molecule has 1 N–H and O–H groups in total. The van der Waals surface area contributed by atoms with E-state index in [9.17, 15) is 9.59 Å². The topological polar surface area (TPSA) is 59.1 Å². The number of carbonyl (C=O) groups is 2. The molecule has 0 unspecified atom stereocenters. The van der Waals surface area contributed by atoms with Gasteiger partial charge in [0.25, 0.3) is 0 Å². The maximum Gasteiger partial charge on any atom is 0.211 e. The lowest BCUT2D eigenvalue weighted by atomic mass is 9.92. The molecule has 0 amide bonds. The predicted octanol–water partition coefficient (Wildman–Crippen LogP) is 2.74. The van der Waals surface area contributed by atoms with Crippen LogP contribution in [-0.2, 0) is 6.42 Å². The summed E-state index contributed by atoms with van der Waals surface area (Å²) in [5, 5.41) is 2.93. The Morgan fingerprint density at radius 1 is 0.955 bits per heavy atom. The summed E-state index contributed by atoms with van der Waals surface area (Å²) in [6, 6.07) is 12.3. The van der Waals surface area contributed by atoms with Gasteiger partial charge >= 0.3 is 0 Å². The van der Waals surface area contributed by atoms with Gasteiger partial charge in [-0.05, 0) is 12.1 Å². The number of allylic oxidation sites excluding steroid dienone is 2. The van der Waals surface area contributed by atoms with Crippen LogP contribution >= 0.6 is 11.6 Å². The molecule has 1 aromatic heterocycles. The van der Waals surface area contributed by atoms with Crippen LogP contribution in [0.15, 0.2) is 59.4 Å². The van der Waals surface area contributed by atoms with Gasteiger partial charge in [-0.3, -0.25) is 14.6 Å². The Kier molecular flexibility index (Phi) is 4.02. The van der Waals surface area contributed by atoms with Gasteiger partial charge in [-0.2, -0.15) is 0 Å². The molecule has 110 valence electrons. The molecule has 0 atom stereocenters. The smallest absolute Gasteiger partial charge is 0.211 e. The second kappa shape index (κ2) is 6.12. The number of hydrogen-bond donors (Lipinski definition) is 1. The van der Waals surface area contributed by atoms with Crippen molar-refractivity contribution in [2.24, 2.45) is 0 Å². The molecule has 0 fully saturated rings. The van der Waals surface area contributed by atoms with Crippen LogP contribution in [0.25, 0.3) is 0 Å². The van der Waals surface area contributed by atoms with E-state index in [2.05, 4.69) is 10.3 Å². The molecule has 1 aromatic carbocycles. The molecular formula is C17H13ClN2O2. The number of aromatic nitrogens is 1. The average Bonchev–Trinajstić information content (AvgIpc) is 2.57. The number of nitrogens with one attached hydrogen (secondary N) is 1. The Hall–Kier alpha value is -2.46. The Balaban J connectivity index is 1.77. The summed E-state index contributed by atoms with van der Waals surface area (Å²) < 4.78 is 0. The molecule has 1 aliphatic carbocycles. The minimum atomic E-state index is -0.322. The van der Waals surface area contributed by atoms with E-state index < -0.39 is 0 Å². The van der Waals surface area contributed by atoms with E-state index in [-0.39, 0.29) is 22.3 Å². The van der Waals surface area contributed by atoms with Gasteiger partial charge in [0, 0.05) is 36.0 Å². The SMILES string of the molecule is O=C1C(Cl)=C(NCCc2ccccn2)C(=O)c2ccccc21. The summed E-state index contributed by atoms with van der Waals surface area (Å²) >= 11 is 6.07. The number of Topliss-reactive ketones (excluding diaryl/α,β-unsaturated/α-hetero) is 2. The molecule has 0 spiro atoms. The summed E-state index contributed by atoms with van der Waals surface area (Å²) in [6.07, 6.45) is 2.35. The number of carbonyl (C=O) groups excluding carboxylic acids is 2. The fraction of sp³-hybridized carbons (Fsp3) is 0.118. The monoisotopic (exact) mass is 312 g/mol. The molecule has 0 saturated heterocycles. The molecule has 5 heteroatoms. The minimum Gasteiger partial charge on any atom is -0.380 e. The van der Waals surface area contributed by atoms with Crippen LogP contribution in [0.3, 0.4) is 0 Å². The molecule has 0 saturated carbocycles. The van der Waals surface area contributed by atoms with Crippen LogP contribution < -0.4 is 5.32 Å². The van der Waals surface area contributed by atoms with Gasteiger partial charge in [0.1, 0.15) is 10.7 Å². The van der Waals surface area contributed by atoms with E-state index in [1.807, 2.05) is 18.2 Å². The number of fused-ring (bicyclic) bond motifs is 1. The van der Waals surface area contributed by atoms with Crippen molar-refractivity contribution in [3.8, 4) is 0 Å². The van der Waals surface area contributed by atoms with E-state index >= 15 is 0 Å². The fourth-order valence-corrected chi connectivity index (χ4v) is 2.62. The molecule has 2 aromatic rings. The second-order valence-electron chi connectivity index (χ2n) is 4.89. The summed E-state index contributed by atoms with van der Waals surface area (Å²) in [6.45, 7) is 0.476. The molecule has 1 heterocycles. The van der Waals surface area contributed by atoms with Crippen molar-refractivity contribution < 1.29 is 9.59 Å². The maximum atomic E-state index is 12.4. The summed E-state index contributed by atoms with van der Waals surface area (Å²) in [5.74, 6) is -0.571. The standard InChI is InChI=1S/C17H13ClN2O2/c18-14-15(20-10-8-11-5-3-4-9-19-11)17(22)13-7-2-1-6-12(13)16(14)21/h1-7,9,20H,8,10H2. The van der Waals surface area contributed by atoms with E-state index in [1.54, 1.807) is 30.5 Å². The Morgan fingerprint density at radius 2 is 1.64 bits per heavy atom. The molecule has 1 aliphatic rings. The number of pyridine rings is 1. The Morgan fingerprint density at radius 3 is 2.32 bits per heavy atom. The number of benzene rings is 1. The van der Waals surface area contributed by atoms with Crippen LogP contribution in [0.4, 0.5) is 0 Å². The van der Waals surface area contributed by atoms with Gasteiger partial charge in [-0.15, -0.1) is 0 Å². The highest BCUT2D eigenvalue weighted by molar-refractivity contribution is 6.49. The zero-order valence-electron chi connectivity index (χ0n) is 11.7. The normalized spacial score (nSPS) is 14.0. The van der Waals surface area contributed by atoms with Crippen molar-refractivity contribution in [3.05, 3.63) is 76.2 Å². The molecular weight excluding hydrogens is 300 g/mol. The highest BCUT2D eigenvalue weighted by Crippen LogP contribution is 2.27. The summed E-state index contributed by atoms with van der Waals surface area (Å²) in [4.78, 5) is 28.9. The molecule has 22 heavy (non-hydrogen) atoms. The zero-order chi connectivity index (χ0) is 15.5. The zero-order valence-corrected chi connectivity index (χ0v) is 12.4. The lowest BCUT2D eigenvalue weighted by Gasteiger charge is -2.18. The van der Waals surface area contributed by atoms with Crippen LogP contribution in [0.1, 0.15) is 26.4 Å². The van der Waals surface area contributed by atoms with E-state index in [0.717, 1.165) is 5.69 Å². The highest BCUT2D eigenvalue weighted by Gasteiger charge is 2.30. The van der Waals surface area contributed by atoms with Crippen molar-refractivity contribution in [2.75, 3.05) is 6.54 Å². The third kappa shape index (κ3) is 2.65. The average molecular weight is 313 g/mol. The third-order valence-corrected chi connectivity index (χ3v) is 3.83. The molecule has 3 rings (SSSR count). The quantitative estimate of drug-likeness (QED) is 0.943. The first kappa shape index (κ1) is 14.5. The molecule has 0 bridgehead atoms. The largest absolute Gasteiger partial charge is 0.380 e. The minimum absolute atomic E-state index is 0.0512. The number of rotatable bonds is 4. The first-order chi connectivity index (χ1) is 10.7. The van der Waals surface area contributed by atoms with Crippen molar-refractivity contribution in [1.82, 2.24) is 10.3 Å². The Labute approximate surface area is 132 Å². The lowest BCUT2D eigenvalue weighted by molar-refractivity contribution is 0.0975. The number of hydrogen-bond acceptors (Lipinski definition) is 4. The van der Waals surface area contributed by atoms with Gasteiger partial charge in [-0.25, -0.2) is 0 Å². The molecule has 4 nitrogen and oxygen atoms in total. The van der Waals surface area contributed by atoms with Crippen molar-refractivity contribution >= 4 is 23.2 Å². The predicted molar refractivity (Wildman–Crippen MR) is 83.9 cm³/mol. The van der Waals surface area contributed by atoms with Gasteiger partial charge in [0.05, 0.1) is 0 Å². The van der Waals surface area contributed by atoms with E-state index in [1.165, 1.54) is 0 Å². The van der Waals surface area contributed by atoms with Crippen molar-refractivity contribution in [3.63, 3.8) is 0 Å². The van der Waals surface area contributed by atoms with Crippen LogP contribution in [0.2, 0.25) is 0 Å². The van der Waals surface area contributed by atoms with E-state index in [0.29, 0.717) is 24.1 Å². The maximum absolute atomic E-state index is 12.4. The molecule has 0 radical (unpaired) electrons. The van der Waals surface area contributed by atoms with Crippen molar-refractivity contribution in [2.45, 2.75) is 6.42 Å². The number of nitrogens with zero attached hydrogens (tertiary/aromatic N) is 1. The second-order valence-corrected chi connectivity index (χ2v) is 5.27. The van der Waals surface area contributed by atoms with Crippen LogP contribution in [-0.4, -0.2) is 23.1 Å².